The standard InChI is InChI=1S/C15H29N3O3S.HI/c1-15(2,3)22(20)11-8-17-14(16-4)18-9-6-12(7-10-18)13(19)21-5;/h12H,6-11H2,1-5H3,(H,16,17);1H. The molecule has 0 spiro atoms. The molecule has 1 saturated heterocycles. The van der Waals surface area contributed by atoms with Crippen LogP contribution in [0.2, 0.25) is 0 Å². The van der Waals surface area contributed by atoms with Crippen LogP contribution < -0.4 is 5.32 Å². The molecule has 1 atom stereocenters. The molecular weight excluding hydrogens is 429 g/mol. The molecule has 136 valence electrons. The Labute approximate surface area is 159 Å². The van der Waals surface area contributed by atoms with Gasteiger partial charge in [-0.3, -0.25) is 14.0 Å². The van der Waals surface area contributed by atoms with Gasteiger partial charge in [0, 0.05) is 48.0 Å². The molecule has 8 heteroatoms. The molecule has 0 radical (unpaired) electrons. The second kappa shape index (κ2) is 10.5. The van der Waals surface area contributed by atoms with Gasteiger partial charge in [0.25, 0.3) is 0 Å². The second-order valence-corrected chi connectivity index (χ2v) is 8.74. The average Bonchev–Trinajstić information content (AvgIpc) is 2.50. The average molecular weight is 459 g/mol. The number of hydrogen-bond acceptors (Lipinski definition) is 4. The molecule has 0 aliphatic carbocycles. The van der Waals surface area contributed by atoms with Crippen LogP contribution in [0.5, 0.6) is 0 Å². The zero-order valence-electron chi connectivity index (χ0n) is 14.8. The first-order chi connectivity index (χ1) is 10.3. The van der Waals surface area contributed by atoms with Gasteiger partial charge in [0.2, 0.25) is 0 Å². The maximum Gasteiger partial charge on any atom is 0.308 e. The van der Waals surface area contributed by atoms with E-state index in [1.54, 1.807) is 7.05 Å². The van der Waals surface area contributed by atoms with Crippen LogP contribution in [0.25, 0.3) is 0 Å². The summed E-state index contributed by atoms with van der Waals surface area (Å²) in [6.07, 6.45) is 1.56. The van der Waals surface area contributed by atoms with Gasteiger partial charge in [-0.2, -0.15) is 0 Å². The first-order valence-corrected chi connectivity index (χ1v) is 9.03. The Morgan fingerprint density at radius 3 is 2.35 bits per heavy atom. The molecule has 0 aromatic heterocycles. The third-order valence-electron chi connectivity index (χ3n) is 3.79. The van der Waals surface area contributed by atoms with E-state index in [0.29, 0.717) is 12.3 Å². The van der Waals surface area contributed by atoms with Crippen molar-refractivity contribution < 1.29 is 13.7 Å². The fourth-order valence-corrected chi connectivity index (χ4v) is 3.29. The van der Waals surface area contributed by atoms with E-state index >= 15 is 0 Å². The fraction of sp³-hybridized carbons (Fsp3) is 0.867. The van der Waals surface area contributed by atoms with E-state index in [9.17, 15) is 9.00 Å². The number of guanidine groups is 1. The van der Waals surface area contributed by atoms with Gasteiger partial charge in [0.15, 0.2) is 5.96 Å². The molecule has 0 aromatic carbocycles. The highest BCUT2D eigenvalue weighted by Crippen LogP contribution is 2.18. The summed E-state index contributed by atoms with van der Waals surface area (Å²) >= 11 is 0. The number of carbonyl (C=O) groups is 1. The number of hydrogen-bond donors (Lipinski definition) is 1. The normalized spacial score (nSPS) is 18.1. The number of halogens is 1. The number of carbonyl (C=O) groups excluding carboxylic acids is 1. The van der Waals surface area contributed by atoms with E-state index in [4.69, 9.17) is 4.74 Å². The number of likely N-dealkylation sites (tertiary alicyclic amines) is 1. The SMILES string of the molecule is CN=C(NCCS(=O)C(C)(C)C)N1CCC(C(=O)OC)CC1.I. The predicted octanol–water partition coefficient (Wildman–Crippen LogP) is 1.61. The van der Waals surface area contributed by atoms with Crippen molar-refractivity contribution >= 4 is 46.7 Å². The lowest BCUT2D eigenvalue weighted by molar-refractivity contribution is -0.146. The lowest BCUT2D eigenvalue weighted by Crippen LogP contribution is -2.47. The van der Waals surface area contributed by atoms with Gasteiger partial charge in [-0.05, 0) is 33.6 Å². The quantitative estimate of drug-likeness (QED) is 0.300. The van der Waals surface area contributed by atoms with Crippen molar-refractivity contribution in [2.24, 2.45) is 10.9 Å². The third-order valence-corrected chi connectivity index (χ3v) is 5.74. The maximum absolute atomic E-state index is 12.0. The van der Waals surface area contributed by atoms with Crippen molar-refractivity contribution in [3.05, 3.63) is 0 Å². The molecule has 1 aliphatic rings. The van der Waals surface area contributed by atoms with Crippen molar-refractivity contribution in [2.75, 3.05) is 39.5 Å². The number of ether oxygens (including phenoxy) is 1. The molecule has 1 fully saturated rings. The van der Waals surface area contributed by atoms with Crippen LogP contribution in [-0.2, 0) is 20.3 Å². The van der Waals surface area contributed by atoms with Gasteiger partial charge in [-0.15, -0.1) is 24.0 Å². The van der Waals surface area contributed by atoms with E-state index in [1.165, 1.54) is 7.11 Å². The molecule has 1 heterocycles. The number of piperidine rings is 1. The fourth-order valence-electron chi connectivity index (χ4n) is 2.39. The first kappa shape index (κ1) is 22.6. The van der Waals surface area contributed by atoms with Gasteiger partial charge in [0.1, 0.15) is 0 Å². The van der Waals surface area contributed by atoms with Crippen molar-refractivity contribution in [1.29, 1.82) is 0 Å². The van der Waals surface area contributed by atoms with E-state index in [-0.39, 0.29) is 40.6 Å². The summed E-state index contributed by atoms with van der Waals surface area (Å²) in [4.78, 5) is 17.9. The highest BCUT2D eigenvalue weighted by molar-refractivity contribution is 14.0. The Kier molecular flexibility index (Phi) is 10.3. The van der Waals surface area contributed by atoms with E-state index < -0.39 is 10.8 Å². The van der Waals surface area contributed by atoms with Crippen molar-refractivity contribution in [1.82, 2.24) is 10.2 Å². The van der Waals surface area contributed by atoms with Crippen molar-refractivity contribution in [3.63, 3.8) is 0 Å². The smallest absolute Gasteiger partial charge is 0.308 e. The Morgan fingerprint density at radius 1 is 1.35 bits per heavy atom. The number of rotatable bonds is 4. The molecule has 0 aromatic rings. The number of nitrogens with one attached hydrogen (secondary N) is 1. The Bertz CT molecular complexity index is 430. The Morgan fingerprint density at radius 2 is 1.91 bits per heavy atom. The zero-order chi connectivity index (χ0) is 16.8. The summed E-state index contributed by atoms with van der Waals surface area (Å²) in [7, 11) is 2.31. The van der Waals surface area contributed by atoms with E-state index in [0.717, 1.165) is 31.9 Å². The molecule has 0 bridgehead atoms. The van der Waals surface area contributed by atoms with Crippen LogP contribution in [-0.4, -0.2) is 65.3 Å². The molecule has 1 N–H and O–H groups in total. The third kappa shape index (κ3) is 7.36. The number of aliphatic imine (C=N–C) groups is 1. The highest BCUT2D eigenvalue weighted by atomic mass is 127. The summed E-state index contributed by atoms with van der Waals surface area (Å²) in [6, 6.07) is 0. The van der Waals surface area contributed by atoms with Gasteiger partial charge >= 0.3 is 5.97 Å². The summed E-state index contributed by atoms with van der Waals surface area (Å²) in [5.74, 6) is 1.28. The maximum atomic E-state index is 12.0. The van der Waals surface area contributed by atoms with Gasteiger partial charge in [-0.1, -0.05) is 0 Å². The molecule has 1 aliphatic heterocycles. The monoisotopic (exact) mass is 459 g/mol. The molecule has 0 amide bonds. The van der Waals surface area contributed by atoms with Gasteiger partial charge in [0.05, 0.1) is 13.0 Å². The van der Waals surface area contributed by atoms with Crippen LogP contribution in [0.15, 0.2) is 4.99 Å². The molecule has 1 unspecified atom stereocenters. The van der Waals surface area contributed by atoms with Crippen molar-refractivity contribution in [3.8, 4) is 0 Å². The molecule has 23 heavy (non-hydrogen) atoms. The highest BCUT2D eigenvalue weighted by Gasteiger charge is 2.27. The van der Waals surface area contributed by atoms with Gasteiger partial charge < -0.3 is 15.0 Å². The number of methoxy groups -OCH3 is 1. The van der Waals surface area contributed by atoms with E-state index in [1.807, 2.05) is 20.8 Å². The van der Waals surface area contributed by atoms with Gasteiger partial charge in [-0.25, -0.2) is 0 Å². The summed E-state index contributed by atoms with van der Waals surface area (Å²) < 4.78 is 16.6. The first-order valence-electron chi connectivity index (χ1n) is 7.71. The molecule has 0 saturated carbocycles. The minimum absolute atomic E-state index is 0. The molecule has 6 nitrogen and oxygen atoms in total. The van der Waals surface area contributed by atoms with Crippen LogP contribution >= 0.6 is 24.0 Å². The lowest BCUT2D eigenvalue weighted by atomic mass is 9.97. The van der Waals surface area contributed by atoms with Crippen LogP contribution in [0.1, 0.15) is 33.6 Å². The van der Waals surface area contributed by atoms with Crippen LogP contribution in [0.3, 0.4) is 0 Å². The lowest BCUT2D eigenvalue weighted by Gasteiger charge is -2.33. The predicted molar refractivity (Wildman–Crippen MR) is 106 cm³/mol. The number of nitrogens with zero attached hydrogens (tertiary/aromatic N) is 2. The topological polar surface area (TPSA) is 71.0 Å². The summed E-state index contributed by atoms with van der Waals surface area (Å²) in [6.45, 7) is 8.14. The largest absolute Gasteiger partial charge is 0.469 e. The van der Waals surface area contributed by atoms with Crippen LogP contribution in [0.4, 0.5) is 0 Å². The Balaban J connectivity index is 0.00000484. The number of esters is 1. The minimum Gasteiger partial charge on any atom is -0.469 e. The van der Waals surface area contributed by atoms with E-state index in [2.05, 4.69) is 15.2 Å². The minimum atomic E-state index is -0.871. The second-order valence-electron chi connectivity index (χ2n) is 6.42. The molecule has 1 rings (SSSR count). The summed E-state index contributed by atoms with van der Waals surface area (Å²) in [5.41, 5.74) is 0. The summed E-state index contributed by atoms with van der Waals surface area (Å²) in [5, 5.41) is 3.27. The Hall–Kier alpha value is -0.380. The zero-order valence-corrected chi connectivity index (χ0v) is 17.9. The van der Waals surface area contributed by atoms with Crippen molar-refractivity contribution in [2.45, 2.75) is 38.4 Å². The van der Waals surface area contributed by atoms with Crippen LogP contribution in [0, 0.1) is 5.92 Å². The molecular formula is C15H30IN3O3S.